The van der Waals surface area contributed by atoms with Crippen LogP contribution in [0.2, 0.25) is 0 Å². The highest BCUT2D eigenvalue weighted by atomic mass is 16.5. The van der Waals surface area contributed by atoms with E-state index in [1.54, 1.807) is 42.5 Å². The third-order valence-electron chi connectivity index (χ3n) is 4.71. The quantitative estimate of drug-likeness (QED) is 0.496. The molecule has 0 saturated carbocycles. The van der Waals surface area contributed by atoms with Crippen LogP contribution in [0.15, 0.2) is 47.0 Å². The summed E-state index contributed by atoms with van der Waals surface area (Å²) >= 11 is 0. The summed E-state index contributed by atoms with van der Waals surface area (Å²) in [4.78, 5) is 23.4. The van der Waals surface area contributed by atoms with E-state index in [0.717, 1.165) is 11.3 Å². The first kappa shape index (κ1) is 22.7. The number of hydrogen-bond acceptors (Lipinski definition) is 7. The second-order valence-electron chi connectivity index (χ2n) is 7.00. The van der Waals surface area contributed by atoms with Crippen LogP contribution in [0.4, 0.5) is 5.69 Å². The molecular weight excluding hydrogens is 414 g/mol. The fourth-order valence-corrected chi connectivity index (χ4v) is 2.89. The fourth-order valence-electron chi connectivity index (χ4n) is 2.89. The fraction of sp³-hybridized carbons (Fsp3) is 0.261. The van der Waals surface area contributed by atoms with Gasteiger partial charge in [0.25, 0.3) is 5.91 Å². The number of aryl methyl sites for hydroxylation is 2. The number of anilines is 1. The minimum Gasteiger partial charge on any atom is -0.493 e. The smallest absolute Gasteiger partial charge is 0.255 e. The van der Waals surface area contributed by atoms with Crippen LogP contribution in [0.5, 0.6) is 17.2 Å². The molecule has 3 N–H and O–H groups in total. The number of nitrogens with zero attached hydrogens (tertiary/aromatic N) is 1. The Morgan fingerprint density at radius 1 is 1.06 bits per heavy atom. The molecule has 9 nitrogen and oxygen atoms in total. The molecule has 9 heteroatoms. The van der Waals surface area contributed by atoms with E-state index >= 15 is 0 Å². The topological polar surface area (TPSA) is 126 Å². The second-order valence-corrected chi connectivity index (χ2v) is 7.00. The maximum atomic E-state index is 12.6. The van der Waals surface area contributed by atoms with Crippen molar-refractivity contribution in [1.82, 2.24) is 5.16 Å². The van der Waals surface area contributed by atoms with Crippen molar-refractivity contribution < 1.29 is 28.3 Å². The van der Waals surface area contributed by atoms with Crippen molar-refractivity contribution in [1.29, 1.82) is 0 Å². The molecule has 2 amide bonds. The molecule has 3 aromatic rings. The lowest BCUT2D eigenvalue weighted by molar-refractivity contribution is -0.118. The predicted octanol–water partition coefficient (Wildman–Crippen LogP) is 3.39. The Morgan fingerprint density at radius 2 is 1.81 bits per heavy atom. The Hall–Kier alpha value is -4.01. The molecule has 0 aliphatic rings. The van der Waals surface area contributed by atoms with E-state index in [0.29, 0.717) is 34.3 Å². The number of rotatable bonds is 10. The first-order valence-electron chi connectivity index (χ1n) is 9.92. The lowest BCUT2D eigenvalue weighted by atomic mass is 10.1. The zero-order valence-corrected chi connectivity index (χ0v) is 18.1. The number of aromatic nitrogens is 1. The number of ether oxygens (including phenoxy) is 3. The van der Waals surface area contributed by atoms with Crippen LogP contribution in [0.3, 0.4) is 0 Å². The normalized spacial score (nSPS) is 10.5. The van der Waals surface area contributed by atoms with E-state index in [2.05, 4.69) is 10.5 Å². The van der Waals surface area contributed by atoms with Gasteiger partial charge in [-0.05, 0) is 56.3 Å². The number of benzene rings is 2. The minimum atomic E-state index is -0.426. The highest BCUT2D eigenvalue weighted by molar-refractivity contribution is 6.04. The van der Waals surface area contributed by atoms with Gasteiger partial charge < -0.3 is 29.8 Å². The van der Waals surface area contributed by atoms with Gasteiger partial charge in [-0.2, -0.15) is 0 Å². The number of carbonyl (C=O) groups excluding carboxylic acids is 2. The molecule has 0 saturated heterocycles. The van der Waals surface area contributed by atoms with Crippen LogP contribution in [0, 0.1) is 13.8 Å². The molecule has 1 aromatic heterocycles. The number of nitrogens with one attached hydrogen (secondary N) is 1. The Morgan fingerprint density at radius 3 is 2.44 bits per heavy atom. The van der Waals surface area contributed by atoms with Gasteiger partial charge in [-0.15, -0.1) is 0 Å². The summed E-state index contributed by atoms with van der Waals surface area (Å²) in [7, 11) is 1.51. The van der Waals surface area contributed by atoms with Crippen molar-refractivity contribution in [2.24, 2.45) is 5.73 Å². The van der Waals surface area contributed by atoms with Crippen molar-refractivity contribution in [3.05, 3.63) is 65.0 Å². The van der Waals surface area contributed by atoms with Crippen LogP contribution in [-0.2, 0) is 11.4 Å². The lowest BCUT2D eigenvalue weighted by Crippen LogP contribution is -2.14. The van der Waals surface area contributed by atoms with Gasteiger partial charge in [0.2, 0.25) is 5.91 Å². The second kappa shape index (κ2) is 10.3. The molecule has 32 heavy (non-hydrogen) atoms. The molecule has 0 radical (unpaired) electrons. The van der Waals surface area contributed by atoms with Gasteiger partial charge in [0, 0.05) is 11.3 Å². The Balaban J connectivity index is 1.62. The van der Waals surface area contributed by atoms with Gasteiger partial charge in [-0.3, -0.25) is 9.59 Å². The summed E-state index contributed by atoms with van der Waals surface area (Å²) in [6.07, 6.45) is 0.137. The molecule has 168 valence electrons. The molecule has 2 aromatic carbocycles. The largest absolute Gasteiger partial charge is 0.493 e. The standard InChI is InChI=1S/C23H25N3O6/c1-14-19(15(2)32-26-14)13-31-20-9-4-16(12-21(20)29-3)23(28)25-17-5-7-18(8-6-17)30-11-10-22(24)27/h4-9,12H,10-11,13H2,1-3H3,(H2,24,27)(H,25,28). The van der Waals surface area contributed by atoms with Gasteiger partial charge in [0.15, 0.2) is 11.5 Å². The number of nitrogens with two attached hydrogens (primary N) is 1. The highest BCUT2D eigenvalue weighted by Crippen LogP contribution is 2.30. The van der Waals surface area contributed by atoms with Crippen LogP contribution >= 0.6 is 0 Å². The SMILES string of the molecule is COc1cc(C(=O)Nc2ccc(OCCC(N)=O)cc2)ccc1OCc1c(C)noc1C. The maximum Gasteiger partial charge on any atom is 0.255 e. The number of primary amides is 1. The van der Waals surface area contributed by atoms with E-state index in [9.17, 15) is 9.59 Å². The summed E-state index contributed by atoms with van der Waals surface area (Å²) in [5.74, 6) is 1.48. The predicted molar refractivity (Wildman–Crippen MR) is 117 cm³/mol. The molecule has 3 rings (SSSR count). The first-order chi connectivity index (χ1) is 15.4. The van der Waals surface area contributed by atoms with Gasteiger partial charge in [0.1, 0.15) is 18.1 Å². The molecule has 0 atom stereocenters. The van der Waals surface area contributed by atoms with Crippen LogP contribution in [0.25, 0.3) is 0 Å². The highest BCUT2D eigenvalue weighted by Gasteiger charge is 2.14. The third-order valence-corrected chi connectivity index (χ3v) is 4.71. The number of amides is 2. The van der Waals surface area contributed by atoms with Crippen molar-refractivity contribution >= 4 is 17.5 Å². The van der Waals surface area contributed by atoms with E-state index in [1.165, 1.54) is 7.11 Å². The van der Waals surface area contributed by atoms with Gasteiger partial charge in [-0.25, -0.2) is 0 Å². The molecule has 1 heterocycles. The monoisotopic (exact) mass is 439 g/mol. The van der Waals surface area contributed by atoms with Crippen molar-refractivity contribution in [3.8, 4) is 17.2 Å². The molecule has 0 spiro atoms. The van der Waals surface area contributed by atoms with E-state index < -0.39 is 5.91 Å². The average molecular weight is 439 g/mol. The Bertz CT molecular complexity index is 1070. The lowest BCUT2D eigenvalue weighted by Gasteiger charge is -2.12. The Kier molecular flexibility index (Phi) is 7.33. The molecule has 0 bridgehead atoms. The molecule has 0 aliphatic carbocycles. The summed E-state index contributed by atoms with van der Waals surface area (Å²) in [5.41, 5.74) is 7.72. The number of methoxy groups -OCH3 is 1. The van der Waals surface area contributed by atoms with Gasteiger partial charge in [-0.1, -0.05) is 5.16 Å². The Labute approximate surface area is 185 Å². The summed E-state index contributed by atoms with van der Waals surface area (Å²) in [6.45, 7) is 4.14. The first-order valence-corrected chi connectivity index (χ1v) is 9.92. The van der Waals surface area contributed by atoms with Crippen LogP contribution in [0.1, 0.15) is 33.8 Å². The number of carbonyl (C=O) groups is 2. The maximum absolute atomic E-state index is 12.6. The van der Waals surface area contributed by atoms with Crippen LogP contribution < -0.4 is 25.3 Å². The third kappa shape index (κ3) is 5.78. The van der Waals surface area contributed by atoms with Crippen molar-refractivity contribution in [3.63, 3.8) is 0 Å². The van der Waals surface area contributed by atoms with Gasteiger partial charge >= 0.3 is 0 Å². The van der Waals surface area contributed by atoms with Gasteiger partial charge in [0.05, 0.1) is 31.4 Å². The minimum absolute atomic E-state index is 0.137. The average Bonchev–Trinajstić information content (AvgIpc) is 3.10. The van der Waals surface area contributed by atoms with Crippen LogP contribution in [-0.4, -0.2) is 30.7 Å². The molecule has 0 fully saturated rings. The zero-order valence-electron chi connectivity index (χ0n) is 18.1. The number of hydrogen-bond donors (Lipinski definition) is 2. The van der Waals surface area contributed by atoms with E-state index in [4.69, 9.17) is 24.5 Å². The molecule has 0 unspecified atom stereocenters. The summed E-state index contributed by atoms with van der Waals surface area (Å²) in [5, 5.41) is 6.72. The van der Waals surface area contributed by atoms with Crippen molar-refractivity contribution in [2.45, 2.75) is 26.9 Å². The zero-order chi connectivity index (χ0) is 23.1. The van der Waals surface area contributed by atoms with E-state index in [1.807, 2.05) is 13.8 Å². The van der Waals surface area contributed by atoms with Crippen molar-refractivity contribution in [2.75, 3.05) is 19.0 Å². The summed E-state index contributed by atoms with van der Waals surface area (Å²) < 4.78 is 21.8. The molecular formula is C23H25N3O6. The van der Waals surface area contributed by atoms with E-state index in [-0.39, 0.29) is 25.5 Å². The summed E-state index contributed by atoms with van der Waals surface area (Å²) in [6, 6.07) is 11.8. The molecule has 0 aliphatic heterocycles.